The van der Waals surface area contributed by atoms with Crippen LogP contribution in [0.15, 0.2) is 65.6 Å². The number of halogens is 3. The number of carbonyl (C=O) groups is 2. The summed E-state index contributed by atoms with van der Waals surface area (Å²) >= 11 is 18.5. The average molecular weight is 623 g/mol. The quantitative estimate of drug-likeness (QED) is 0.369. The molecule has 12 heteroatoms. The van der Waals surface area contributed by atoms with Crippen LogP contribution in [0, 0.1) is 5.92 Å². The van der Waals surface area contributed by atoms with Crippen LogP contribution in [0.5, 0.6) is 0 Å². The molecule has 1 heterocycles. The van der Waals surface area contributed by atoms with Gasteiger partial charge in [0.25, 0.3) is 5.91 Å². The molecule has 1 saturated heterocycles. The fourth-order valence-electron chi connectivity index (χ4n) is 5.38. The Morgan fingerprint density at radius 2 is 1.75 bits per heavy atom. The summed E-state index contributed by atoms with van der Waals surface area (Å²) in [6, 6.07) is 15.7. The Kier molecular flexibility index (Phi) is 8.05. The molecule has 3 aromatic rings. The molecular weight excluding hydrogens is 597 g/mol. The van der Waals surface area contributed by atoms with Gasteiger partial charge in [-0.25, -0.2) is 13.2 Å². The Bertz CT molecular complexity index is 1580. The molecule has 210 valence electrons. The monoisotopic (exact) mass is 621 g/mol. The molecule has 0 aromatic heterocycles. The lowest BCUT2D eigenvalue weighted by atomic mass is 9.83. The summed E-state index contributed by atoms with van der Waals surface area (Å²) in [5.41, 5.74) is 1.82. The summed E-state index contributed by atoms with van der Waals surface area (Å²) in [5.74, 6) is -0.761. The summed E-state index contributed by atoms with van der Waals surface area (Å²) in [4.78, 5) is 28.5. The van der Waals surface area contributed by atoms with Gasteiger partial charge in [0.2, 0.25) is 0 Å². The van der Waals surface area contributed by atoms with Crippen LogP contribution in [-0.4, -0.2) is 61.6 Å². The molecule has 2 unspecified atom stereocenters. The molecule has 0 bridgehead atoms. The van der Waals surface area contributed by atoms with E-state index in [1.54, 1.807) is 55.6 Å². The number of nitrogens with one attached hydrogen (secondary N) is 1. The first-order valence-electron chi connectivity index (χ1n) is 12.5. The van der Waals surface area contributed by atoms with Gasteiger partial charge in [0.1, 0.15) is 6.23 Å². The first-order chi connectivity index (χ1) is 19.0. The molecule has 0 radical (unpaired) electrons. The molecule has 3 amide bonds. The molecule has 40 heavy (non-hydrogen) atoms. The molecule has 0 spiro atoms. The van der Waals surface area contributed by atoms with Crippen LogP contribution in [0.3, 0.4) is 0 Å². The number of urea groups is 1. The van der Waals surface area contributed by atoms with Crippen molar-refractivity contribution in [1.29, 1.82) is 0 Å². The zero-order chi connectivity index (χ0) is 28.8. The van der Waals surface area contributed by atoms with Crippen molar-refractivity contribution in [3.05, 3.63) is 92.4 Å². The summed E-state index contributed by atoms with van der Waals surface area (Å²) < 4.78 is 28.0. The zero-order valence-electron chi connectivity index (χ0n) is 21.4. The highest BCUT2D eigenvalue weighted by Gasteiger charge is 2.41. The number of rotatable bonds is 6. The Morgan fingerprint density at radius 3 is 2.40 bits per heavy atom. The summed E-state index contributed by atoms with van der Waals surface area (Å²) in [7, 11) is -2.32. The second-order valence-corrected chi connectivity index (χ2v) is 13.4. The molecular formula is C28H26Cl3N3O5S. The molecule has 2 N–H and O–H groups in total. The lowest BCUT2D eigenvalue weighted by Crippen LogP contribution is -2.40. The van der Waals surface area contributed by atoms with E-state index in [9.17, 15) is 23.1 Å². The van der Waals surface area contributed by atoms with Crippen LogP contribution < -0.4 is 5.32 Å². The molecule has 3 aromatic carbocycles. The first kappa shape index (κ1) is 28.7. The van der Waals surface area contributed by atoms with Gasteiger partial charge in [-0.15, -0.1) is 0 Å². The maximum Gasteiger partial charge on any atom is 0.322 e. The van der Waals surface area contributed by atoms with E-state index in [4.69, 9.17) is 34.8 Å². The van der Waals surface area contributed by atoms with Gasteiger partial charge in [-0.05, 0) is 72.4 Å². The second kappa shape index (κ2) is 11.2. The molecule has 2 aliphatic rings. The van der Waals surface area contributed by atoms with Crippen LogP contribution in [0.2, 0.25) is 15.1 Å². The van der Waals surface area contributed by atoms with E-state index in [2.05, 4.69) is 5.32 Å². The smallest absolute Gasteiger partial charge is 0.322 e. The van der Waals surface area contributed by atoms with Crippen LogP contribution >= 0.6 is 34.8 Å². The number of benzene rings is 3. The van der Waals surface area contributed by atoms with E-state index in [0.717, 1.165) is 5.56 Å². The number of nitrogens with zero attached hydrogens (tertiary/aromatic N) is 2. The van der Waals surface area contributed by atoms with Crippen LogP contribution in [0.4, 0.5) is 10.5 Å². The van der Waals surface area contributed by atoms with E-state index in [1.165, 1.54) is 21.9 Å². The number of sulfone groups is 1. The number of likely N-dealkylation sites (N-methyl/N-ethyl adjacent to an activating group) is 1. The number of hydrogen-bond donors (Lipinski definition) is 2. The number of fused-ring (bicyclic) bond motifs is 1. The highest BCUT2D eigenvalue weighted by molar-refractivity contribution is 7.91. The third-order valence-electron chi connectivity index (χ3n) is 7.32. The van der Waals surface area contributed by atoms with Crippen molar-refractivity contribution in [1.82, 2.24) is 9.80 Å². The van der Waals surface area contributed by atoms with Gasteiger partial charge >= 0.3 is 6.03 Å². The zero-order valence-corrected chi connectivity index (χ0v) is 24.4. The minimum atomic E-state index is -3.93. The van der Waals surface area contributed by atoms with Crippen molar-refractivity contribution in [3.63, 3.8) is 0 Å². The topological polar surface area (TPSA) is 107 Å². The number of carbonyl (C=O) groups excluding carboxylic acids is 2. The largest absolute Gasteiger partial charge is 0.372 e. The van der Waals surface area contributed by atoms with Crippen LogP contribution in [0.1, 0.15) is 33.2 Å². The maximum atomic E-state index is 14.0. The van der Waals surface area contributed by atoms with E-state index in [0.29, 0.717) is 22.7 Å². The maximum absolute atomic E-state index is 14.0. The Hall–Kier alpha value is -2.82. The molecule has 1 aliphatic heterocycles. The van der Waals surface area contributed by atoms with Gasteiger partial charge in [-0.2, -0.15) is 0 Å². The fraction of sp³-hybridized carbons (Fsp3) is 0.286. The Labute approximate surface area is 247 Å². The van der Waals surface area contributed by atoms with Gasteiger partial charge in [0.15, 0.2) is 9.84 Å². The Balaban J connectivity index is 1.51. The SMILES string of the molecule is CN1CC(O)N(C[C@@H]2Cc3ccc(NC(=O)c4c(Cl)cccc4Cl)cc3C(S(=O)(=O)c3cccc(Cl)c3)C2)C1=O. The molecule has 1 aliphatic carbocycles. The van der Waals surface area contributed by atoms with E-state index < -0.39 is 27.2 Å². The average Bonchev–Trinajstić information content (AvgIpc) is 3.14. The summed E-state index contributed by atoms with van der Waals surface area (Å²) in [6.07, 6.45) is -0.270. The predicted octanol–water partition coefficient (Wildman–Crippen LogP) is 5.66. The van der Waals surface area contributed by atoms with Crippen molar-refractivity contribution < 1.29 is 23.1 Å². The second-order valence-electron chi connectivity index (χ2n) is 10.1. The van der Waals surface area contributed by atoms with Crippen LogP contribution in [0.25, 0.3) is 0 Å². The normalized spacial score (nSPS) is 20.9. The van der Waals surface area contributed by atoms with Crippen molar-refractivity contribution in [2.75, 3.05) is 25.5 Å². The minimum absolute atomic E-state index is 0.0749. The molecule has 3 atom stereocenters. The number of aliphatic hydroxyl groups is 1. The molecule has 8 nitrogen and oxygen atoms in total. The lowest BCUT2D eigenvalue weighted by molar-refractivity contribution is 0.0522. The van der Waals surface area contributed by atoms with Crippen molar-refractivity contribution in [2.45, 2.75) is 29.2 Å². The predicted molar refractivity (Wildman–Crippen MR) is 155 cm³/mol. The first-order valence-corrected chi connectivity index (χ1v) is 15.2. The number of aliphatic hydroxyl groups excluding tert-OH is 1. The van der Waals surface area contributed by atoms with Gasteiger partial charge in [0, 0.05) is 24.3 Å². The number of anilines is 1. The van der Waals surface area contributed by atoms with Crippen molar-refractivity contribution in [2.24, 2.45) is 5.92 Å². The summed E-state index contributed by atoms with van der Waals surface area (Å²) in [6.45, 7) is 0.389. The van der Waals surface area contributed by atoms with Gasteiger partial charge in [-0.1, -0.05) is 53.0 Å². The number of hydrogen-bond acceptors (Lipinski definition) is 5. The lowest BCUT2D eigenvalue weighted by Gasteiger charge is -2.34. The van der Waals surface area contributed by atoms with Crippen molar-refractivity contribution in [3.8, 4) is 0 Å². The van der Waals surface area contributed by atoms with E-state index in [1.807, 2.05) is 0 Å². The van der Waals surface area contributed by atoms with Gasteiger partial charge < -0.3 is 15.3 Å². The molecule has 1 fully saturated rings. The highest BCUT2D eigenvalue weighted by atomic mass is 35.5. The molecule has 5 rings (SSSR count). The van der Waals surface area contributed by atoms with Gasteiger partial charge in [0.05, 0.1) is 32.3 Å². The van der Waals surface area contributed by atoms with E-state index >= 15 is 0 Å². The Morgan fingerprint density at radius 1 is 1.05 bits per heavy atom. The fourth-order valence-corrected chi connectivity index (χ4v) is 8.17. The summed E-state index contributed by atoms with van der Waals surface area (Å²) in [5, 5.41) is 12.9. The third-order valence-corrected chi connectivity index (χ3v) is 10.3. The highest BCUT2D eigenvalue weighted by Crippen LogP contribution is 2.43. The number of amides is 3. The number of β-amino-alcohol motifs (C(OH)–C–C–N with tert-alkyl or cyclic N) is 1. The minimum Gasteiger partial charge on any atom is -0.372 e. The molecule has 0 saturated carbocycles. The van der Waals surface area contributed by atoms with Gasteiger partial charge in [-0.3, -0.25) is 9.69 Å². The third kappa shape index (κ3) is 5.53. The van der Waals surface area contributed by atoms with E-state index in [-0.39, 0.29) is 52.0 Å². The van der Waals surface area contributed by atoms with Crippen molar-refractivity contribution >= 4 is 62.3 Å². The standard InChI is InChI=1S/C28H26Cl3N3O5S/c1-33-15-25(35)34(28(33)37)14-16-10-17-8-9-19(32-27(36)26-22(30)6-3-7-23(26)31)13-21(17)24(11-16)40(38,39)20-5-2-4-18(29)12-20/h2-9,12-13,16,24-25,35H,10-11,14-15H2,1H3,(H,32,36)/t16-,24?,25?/m1/s1. The van der Waals surface area contributed by atoms with Crippen LogP contribution in [-0.2, 0) is 16.3 Å².